The van der Waals surface area contributed by atoms with Gasteiger partial charge in [-0.3, -0.25) is 4.72 Å². The van der Waals surface area contributed by atoms with Gasteiger partial charge in [0.25, 0.3) is 10.0 Å². The van der Waals surface area contributed by atoms with Gasteiger partial charge in [0.05, 0.1) is 29.6 Å². The van der Waals surface area contributed by atoms with Crippen molar-refractivity contribution >= 4 is 33.2 Å². The lowest BCUT2D eigenvalue weighted by Crippen LogP contribution is -2.50. The first-order valence-electron chi connectivity index (χ1n) is 14.6. The fourth-order valence-corrected chi connectivity index (χ4v) is 5.96. The van der Waals surface area contributed by atoms with Crippen molar-refractivity contribution < 1.29 is 27.1 Å². The van der Waals surface area contributed by atoms with Crippen LogP contribution in [-0.4, -0.2) is 77.4 Å². The molecule has 0 atom stereocenters. The first kappa shape index (κ1) is 31.7. The highest BCUT2D eigenvalue weighted by Gasteiger charge is 2.27. The highest BCUT2D eigenvalue weighted by molar-refractivity contribution is 7.92. The Balaban J connectivity index is 1.27. The van der Waals surface area contributed by atoms with E-state index >= 15 is 0 Å². The second-order valence-electron chi connectivity index (χ2n) is 11.9. The van der Waals surface area contributed by atoms with Gasteiger partial charge >= 0.3 is 6.09 Å². The van der Waals surface area contributed by atoms with Crippen molar-refractivity contribution in [3.8, 4) is 28.5 Å². The molecule has 3 aromatic carbocycles. The molecule has 1 aromatic heterocycles. The van der Waals surface area contributed by atoms with Crippen molar-refractivity contribution in [3.05, 3.63) is 72.9 Å². The normalized spacial score (nSPS) is 13.8. The van der Waals surface area contributed by atoms with Gasteiger partial charge in [-0.25, -0.2) is 18.2 Å². The Hall–Kier alpha value is -4.71. The van der Waals surface area contributed by atoms with Crippen LogP contribution in [0, 0.1) is 0 Å². The van der Waals surface area contributed by atoms with Gasteiger partial charge in [-0.15, -0.1) is 0 Å². The highest BCUT2D eigenvalue weighted by atomic mass is 32.2. The first-order chi connectivity index (χ1) is 21.3. The van der Waals surface area contributed by atoms with E-state index in [0.29, 0.717) is 54.8 Å². The molecule has 5 rings (SSSR count). The van der Waals surface area contributed by atoms with Crippen LogP contribution in [-0.2, 0) is 14.8 Å². The standard InChI is InChI=1S/C33H39N5O6S/c1-33(2,3)44-32(39)38-19-17-37(18-20-38)28-21-25(11-16-29(28)42-6)35-45(40,41)27-14-9-24(10-15-27)31-34-22-30(43-31)23-7-12-26(13-8-23)36(4)5/h7-16,21-22,35H,17-20H2,1-6H3. The lowest BCUT2D eigenvalue weighted by Gasteiger charge is -2.37. The number of ether oxygens (including phenoxy) is 2. The monoisotopic (exact) mass is 633 g/mol. The molecule has 1 amide bonds. The van der Waals surface area contributed by atoms with Crippen LogP contribution in [0.1, 0.15) is 20.8 Å². The molecule has 238 valence electrons. The van der Waals surface area contributed by atoms with E-state index in [1.165, 1.54) is 12.1 Å². The molecule has 11 nitrogen and oxygen atoms in total. The van der Waals surface area contributed by atoms with Crippen molar-refractivity contribution in [2.75, 3.05) is 61.9 Å². The number of piperazine rings is 1. The molecule has 2 heterocycles. The average molecular weight is 634 g/mol. The Morgan fingerprint density at radius 3 is 2.18 bits per heavy atom. The molecule has 1 fully saturated rings. The maximum atomic E-state index is 13.3. The van der Waals surface area contributed by atoms with Crippen molar-refractivity contribution in [3.63, 3.8) is 0 Å². The maximum absolute atomic E-state index is 13.3. The number of carbonyl (C=O) groups is 1. The summed E-state index contributed by atoms with van der Waals surface area (Å²) in [5.74, 6) is 1.62. The van der Waals surface area contributed by atoms with Crippen molar-refractivity contribution in [1.82, 2.24) is 9.88 Å². The second-order valence-corrected chi connectivity index (χ2v) is 13.6. The fraction of sp³-hybridized carbons (Fsp3) is 0.333. The van der Waals surface area contributed by atoms with E-state index < -0.39 is 15.6 Å². The lowest BCUT2D eigenvalue weighted by molar-refractivity contribution is 0.0240. The van der Waals surface area contributed by atoms with E-state index in [1.807, 2.05) is 64.0 Å². The molecule has 1 aliphatic heterocycles. The zero-order valence-electron chi connectivity index (χ0n) is 26.4. The van der Waals surface area contributed by atoms with E-state index in [4.69, 9.17) is 13.9 Å². The van der Waals surface area contributed by atoms with Gasteiger partial charge in [-0.05, 0) is 87.5 Å². The van der Waals surface area contributed by atoms with Gasteiger partial charge in [0.1, 0.15) is 11.4 Å². The molecule has 0 unspecified atom stereocenters. The van der Waals surface area contributed by atoms with Gasteiger partial charge < -0.3 is 28.6 Å². The van der Waals surface area contributed by atoms with Crippen LogP contribution >= 0.6 is 0 Å². The Morgan fingerprint density at radius 2 is 1.58 bits per heavy atom. The van der Waals surface area contributed by atoms with Crippen molar-refractivity contribution in [1.29, 1.82) is 0 Å². The Kier molecular flexibility index (Phi) is 8.96. The number of oxazole rings is 1. The van der Waals surface area contributed by atoms with Crippen LogP contribution in [0.15, 0.2) is 82.2 Å². The number of benzene rings is 3. The number of methoxy groups -OCH3 is 1. The number of nitrogens with zero attached hydrogens (tertiary/aromatic N) is 4. The van der Waals surface area contributed by atoms with Crippen molar-refractivity contribution in [2.24, 2.45) is 0 Å². The van der Waals surface area contributed by atoms with E-state index in [2.05, 4.69) is 14.6 Å². The van der Waals surface area contributed by atoms with Crippen LogP contribution in [0.3, 0.4) is 0 Å². The molecule has 0 aliphatic carbocycles. The summed E-state index contributed by atoms with van der Waals surface area (Å²) in [6, 6.07) is 19.5. The van der Waals surface area contributed by atoms with Gasteiger partial charge in [0.15, 0.2) is 5.76 Å². The number of amides is 1. The van der Waals surface area contributed by atoms with Crippen LogP contribution in [0.2, 0.25) is 0 Å². The largest absolute Gasteiger partial charge is 0.495 e. The lowest BCUT2D eigenvalue weighted by atomic mass is 10.1. The molecule has 45 heavy (non-hydrogen) atoms. The number of aromatic nitrogens is 1. The van der Waals surface area contributed by atoms with Gasteiger partial charge in [0, 0.05) is 57.1 Å². The maximum Gasteiger partial charge on any atom is 0.410 e. The molecule has 1 N–H and O–H groups in total. The zero-order chi connectivity index (χ0) is 32.4. The molecular formula is C33H39N5O6S. The molecule has 0 radical (unpaired) electrons. The van der Waals surface area contributed by atoms with Crippen LogP contribution in [0.25, 0.3) is 22.8 Å². The third-order valence-electron chi connectivity index (χ3n) is 7.29. The molecule has 1 aliphatic rings. The van der Waals surface area contributed by atoms with E-state index in [9.17, 15) is 13.2 Å². The van der Waals surface area contributed by atoms with Gasteiger partial charge in [-0.2, -0.15) is 0 Å². The first-order valence-corrected chi connectivity index (χ1v) is 16.1. The molecular weight excluding hydrogens is 594 g/mol. The third-order valence-corrected chi connectivity index (χ3v) is 8.69. The summed E-state index contributed by atoms with van der Waals surface area (Å²) in [6.07, 6.45) is 1.31. The highest BCUT2D eigenvalue weighted by Crippen LogP contribution is 2.34. The molecule has 4 aromatic rings. The second kappa shape index (κ2) is 12.7. The molecule has 0 spiro atoms. The summed E-state index contributed by atoms with van der Waals surface area (Å²) < 4.78 is 46.4. The Labute approximate surface area is 264 Å². The summed E-state index contributed by atoms with van der Waals surface area (Å²) in [6.45, 7) is 7.53. The van der Waals surface area contributed by atoms with Crippen LogP contribution in [0.4, 0.5) is 21.9 Å². The predicted molar refractivity (Wildman–Crippen MR) is 176 cm³/mol. The number of carbonyl (C=O) groups excluding carboxylic acids is 1. The van der Waals surface area contributed by atoms with E-state index in [0.717, 1.165) is 16.9 Å². The van der Waals surface area contributed by atoms with Gasteiger partial charge in [-0.1, -0.05) is 0 Å². The summed E-state index contributed by atoms with van der Waals surface area (Å²) in [4.78, 5) is 22.7. The Bertz CT molecular complexity index is 1740. The topological polar surface area (TPSA) is 117 Å². The number of hydrogen-bond donors (Lipinski definition) is 1. The average Bonchev–Trinajstić information content (AvgIpc) is 3.51. The molecule has 0 bridgehead atoms. The Morgan fingerprint density at radius 1 is 0.933 bits per heavy atom. The summed E-state index contributed by atoms with van der Waals surface area (Å²) in [5, 5.41) is 0. The minimum absolute atomic E-state index is 0.0978. The zero-order valence-corrected chi connectivity index (χ0v) is 27.2. The van der Waals surface area contributed by atoms with E-state index in [-0.39, 0.29) is 11.0 Å². The number of sulfonamides is 1. The summed E-state index contributed by atoms with van der Waals surface area (Å²) in [7, 11) is 1.63. The fourth-order valence-electron chi connectivity index (χ4n) is 4.91. The minimum atomic E-state index is -3.90. The summed E-state index contributed by atoms with van der Waals surface area (Å²) >= 11 is 0. The molecule has 0 saturated carbocycles. The van der Waals surface area contributed by atoms with Crippen LogP contribution in [0.5, 0.6) is 5.75 Å². The predicted octanol–water partition coefficient (Wildman–Crippen LogP) is 5.94. The van der Waals surface area contributed by atoms with Gasteiger partial charge in [0.2, 0.25) is 5.89 Å². The number of rotatable bonds is 8. The van der Waals surface area contributed by atoms with Crippen LogP contribution < -0.4 is 19.3 Å². The number of nitrogens with one attached hydrogen (secondary N) is 1. The molecule has 12 heteroatoms. The summed E-state index contributed by atoms with van der Waals surface area (Å²) in [5.41, 5.74) is 3.18. The minimum Gasteiger partial charge on any atom is -0.495 e. The quantitative estimate of drug-likeness (QED) is 0.252. The SMILES string of the molecule is COc1ccc(NS(=O)(=O)c2ccc(-c3ncc(-c4ccc(N(C)C)cc4)o3)cc2)cc1N1CCN(C(=O)OC(C)(C)C)CC1. The smallest absolute Gasteiger partial charge is 0.410 e. The third kappa shape index (κ3) is 7.51. The van der Waals surface area contributed by atoms with Crippen molar-refractivity contribution in [2.45, 2.75) is 31.3 Å². The molecule has 1 saturated heterocycles. The van der Waals surface area contributed by atoms with E-state index in [1.54, 1.807) is 48.5 Å². The number of hydrogen-bond acceptors (Lipinski definition) is 9. The number of anilines is 3.